The van der Waals surface area contributed by atoms with E-state index in [4.69, 9.17) is 4.52 Å². The van der Waals surface area contributed by atoms with Gasteiger partial charge in [-0.15, -0.1) is 0 Å². The third-order valence-corrected chi connectivity index (χ3v) is 4.34. The average molecular weight is 297 g/mol. The Labute approximate surface area is 127 Å². The Kier molecular flexibility index (Phi) is 2.96. The van der Waals surface area contributed by atoms with E-state index in [0.29, 0.717) is 18.7 Å². The molecule has 2 saturated heterocycles. The van der Waals surface area contributed by atoms with E-state index in [0.717, 1.165) is 12.0 Å². The van der Waals surface area contributed by atoms with E-state index < -0.39 is 0 Å². The number of nitrogens with zero attached hydrogens (tertiary/aromatic N) is 2. The topological polar surface area (TPSA) is 75.4 Å². The van der Waals surface area contributed by atoms with Gasteiger partial charge in [0.2, 0.25) is 11.7 Å². The SMILES string of the molecule is O=C1NCC2CCC1N2C(=O)c1cc(-c2ccccc2)no1. The maximum absolute atomic E-state index is 12.7. The molecule has 1 N–H and O–H groups in total. The summed E-state index contributed by atoms with van der Waals surface area (Å²) in [6, 6.07) is 10.9. The van der Waals surface area contributed by atoms with Gasteiger partial charge in [-0.05, 0) is 12.8 Å². The largest absolute Gasteiger partial charge is 0.352 e. The predicted molar refractivity (Wildman–Crippen MR) is 77.9 cm³/mol. The number of aromatic nitrogens is 1. The van der Waals surface area contributed by atoms with E-state index in [1.54, 1.807) is 11.0 Å². The summed E-state index contributed by atoms with van der Waals surface area (Å²) in [6.45, 7) is 0.515. The lowest BCUT2D eigenvalue weighted by molar-refractivity contribution is -0.127. The Morgan fingerprint density at radius 3 is 2.91 bits per heavy atom. The van der Waals surface area contributed by atoms with E-state index in [2.05, 4.69) is 10.5 Å². The highest BCUT2D eigenvalue weighted by atomic mass is 16.5. The van der Waals surface area contributed by atoms with Crippen molar-refractivity contribution in [3.63, 3.8) is 0 Å². The Hall–Kier alpha value is -2.63. The fourth-order valence-electron chi connectivity index (χ4n) is 3.23. The van der Waals surface area contributed by atoms with Gasteiger partial charge in [0.1, 0.15) is 11.7 Å². The number of benzene rings is 1. The van der Waals surface area contributed by atoms with Crippen molar-refractivity contribution in [2.24, 2.45) is 0 Å². The second-order valence-electron chi connectivity index (χ2n) is 5.65. The predicted octanol–water partition coefficient (Wildman–Crippen LogP) is 1.44. The first-order valence-corrected chi connectivity index (χ1v) is 7.36. The summed E-state index contributed by atoms with van der Waals surface area (Å²) in [5.74, 6) is -0.146. The molecular formula is C16H15N3O3. The molecule has 2 unspecified atom stereocenters. The Balaban J connectivity index is 1.62. The van der Waals surface area contributed by atoms with Crippen LogP contribution >= 0.6 is 0 Å². The highest BCUT2D eigenvalue weighted by molar-refractivity contribution is 5.97. The van der Waals surface area contributed by atoms with Gasteiger partial charge in [-0.2, -0.15) is 0 Å². The molecule has 2 aliphatic heterocycles. The zero-order valence-electron chi connectivity index (χ0n) is 11.9. The van der Waals surface area contributed by atoms with Crippen LogP contribution in [0.5, 0.6) is 0 Å². The third kappa shape index (κ3) is 1.99. The normalized spacial score (nSPS) is 23.5. The van der Waals surface area contributed by atoms with Crippen LogP contribution in [0.3, 0.4) is 0 Å². The summed E-state index contributed by atoms with van der Waals surface area (Å²) in [5.41, 5.74) is 1.52. The fraction of sp³-hybridized carbons (Fsp3) is 0.312. The summed E-state index contributed by atoms with van der Waals surface area (Å²) in [4.78, 5) is 26.2. The van der Waals surface area contributed by atoms with Gasteiger partial charge in [0.25, 0.3) is 5.91 Å². The van der Waals surface area contributed by atoms with Crippen molar-refractivity contribution in [2.75, 3.05) is 6.54 Å². The minimum Gasteiger partial charge on any atom is -0.352 e. The van der Waals surface area contributed by atoms with Crippen LogP contribution in [0.2, 0.25) is 0 Å². The first kappa shape index (κ1) is 13.1. The lowest BCUT2D eigenvalue weighted by Crippen LogP contribution is -2.57. The number of rotatable bonds is 2. The molecule has 2 bridgehead atoms. The van der Waals surface area contributed by atoms with Gasteiger partial charge in [-0.1, -0.05) is 35.5 Å². The van der Waals surface area contributed by atoms with Crippen LogP contribution in [-0.2, 0) is 4.79 Å². The van der Waals surface area contributed by atoms with Gasteiger partial charge in [0, 0.05) is 18.2 Å². The van der Waals surface area contributed by atoms with Crippen LogP contribution in [0.25, 0.3) is 11.3 Å². The van der Waals surface area contributed by atoms with E-state index in [1.165, 1.54) is 0 Å². The molecule has 1 aromatic heterocycles. The second kappa shape index (κ2) is 4.98. The summed E-state index contributed by atoms with van der Waals surface area (Å²) >= 11 is 0. The molecule has 2 fully saturated rings. The van der Waals surface area contributed by atoms with Crippen LogP contribution in [0.15, 0.2) is 40.9 Å². The molecule has 22 heavy (non-hydrogen) atoms. The van der Waals surface area contributed by atoms with Gasteiger partial charge in [0.05, 0.1) is 6.04 Å². The van der Waals surface area contributed by atoms with Gasteiger partial charge < -0.3 is 14.7 Å². The van der Waals surface area contributed by atoms with Crippen molar-refractivity contribution in [3.8, 4) is 11.3 Å². The summed E-state index contributed by atoms with van der Waals surface area (Å²) in [5, 5.41) is 6.80. The number of amides is 2. The van der Waals surface area contributed by atoms with Crippen molar-refractivity contribution in [1.82, 2.24) is 15.4 Å². The highest BCUT2D eigenvalue weighted by Crippen LogP contribution is 2.30. The van der Waals surface area contributed by atoms with Crippen molar-refractivity contribution < 1.29 is 14.1 Å². The molecule has 2 atom stereocenters. The molecule has 2 aliphatic rings. The van der Waals surface area contributed by atoms with Crippen LogP contribution in [-0.4, -0.2) is 40.5 Å². The smallest absolute Gasteiger partial charge is 0.293 e. The molecule has 0 spiro atoms. The Morgan fingerprint density at radius 1 is 1.27 bits per heavy atom. The first-order valence-electron chi connectivity index (χ1n) is 7.36. The Morgan fingerprint density at radius 2 is 2.09 bits per heavy atom. The monoisotopic (exact) mass is 297 g/mol. The van der Waals surface area contributed by atoms with Crippen molar-refractivity contribution in [1.29, 1.82) is 0 Å². The highest BCUT2D eigenvalue weighted by Gasteiger charge is 2.45. The molecule has 4 rings (SSSR count). The number of carbonyl (C=O) groups excluding carboxylic acids is 2. The fourth-order valence-corrected chi connectivity index (χ4v) is 3.23. The third-order valence-electron chi connectivity index (χ3n) is 4.34. The van der Waals surface area contributed by atoms with Crippen LogP contribution in [0.4, 0.5) is 0 Å². The minimum absolute atomic E-state index is 0.0560. The molecule has 6 nitrogen and oxygen atoms in total. The van der Waals surface area contributed by atoms with Gasteiger partial charge in [-0.25, -0.2) is 0 Å². The van der Waals surface area contributed by atoms with E-state index in [-0.39, 0.29) is 29.7 Å². The number of fused-ring (bicyclic) bond motifs is 2. The second-order valence-corrected chi connectivity index (χ2v) is 5.65. The molecule has 2 amide bonds. The molecular weight excluding hydrogens is 282 g/mol. The summed E-state index contributed by atoms with van der Waals surface area (Å²) in [6.07, 6.45) is 1.55. The Bertz CT molecular complexity index is 725. The number of hydrogen-bond acceptors (Lipinski definition) is 4. The average Bonchev–Trinajstić information content (AvgIpc) is 3.16. The maximum atomic E-state index is 12.7. The van der Waals surface area contributed by atoms with Crippen LogP contribution in [0, 0.1) is 0 Å². The lowest BCUT2D eigenvalue weighted by atomic mass is 10.1. The van der Waals surface area contributed by atoms with Crippen molar-refractivity contribution in [2.45, 2.75) is 24.9 Å². The van der Waals surface area contributed by atoms with Crippen LogP contribution < -0.4 is 5.32 Å². The molecule has 0 radical (unpaired) electrons. The first-order chi connectivity index (χ1) is 10.7. The van der Waals surface area contributed by atoms with Gasteiger partial charge in [0.15, 0.2) is 0 Å². The number of carbonyl (C=O) groups is 2. The quantitative estimate of drug-likeness (QED) is 0.910. The van der Waals surface area contributed by atoms with E-state index in [9.17, 15) is 9.59 Å². The zero-order valence-corrected chi connectivity index (χ0v) is 11.9. The molecule has 6 heteroatoms. The number of hydrogen-bond donors (Lipinski definition) is 1. The molecule has 0 aliphatic carbocycles. The molecule has 0 saturated carbocycles. The van der Waals surface area contributed by atoms with E-state index >= 15 is 0 Å². The van der Waals surface area contributed by atoms with Crippen molar-refractivity contribution >= 4 is 11.8 Å². The van der Waals surface area contributed by atoms with Crippen LogP contribution in [0.1, 0.15) is 23.4 Å². The van der Waals surface area contributed by atoms with E-state index in [1.807, 2.05) is 30.3 Å². The number of nitrogens with one attached hydrogen (secondary N) is 1. The minimum atomic E-state index is -0.378. The zero-order chi connectivity index (χ0) is 15.1. The molecule has 112 valence electrons. The summed E-state index contributed by atoms with van der Waals surface area (Å²) in [7, 11) is 0. The van der Waals surface area contributed by atoms with Gasteiger partial charge >= 0.3 is 0 Å². The molecule has 3 heterocycles. The van der Waals surface area contributed by atoms with Crippen molar-refractivity contribution in [3.05, 3.63) is 42.2 Å². The number of piperazine rings is 1. The molecule has 1 aromatic carbocycles. The molecule has 2 aromatic rings. The standard InChI is InChI=1S/C16H15N3O3/c20-15-13-7-6-11(9-17-15)19(13)16(21)14-8-12(18-22-14)10-4-2-1-3-5-10/h1-5,8,11,13H,6-7,9H2,(H,17,20). The van der Waals surface area contributed by atoms with Gasteiger partial charge in [-0.3, -0.25) is 9.59 Å². The lowest BCUT2D eigenvalue weighted by Gasteiger charge is -2.33. The maximum Gasteiger partial charge on any atom is 0.293 e. The summed E-state index contributed by atoms with van der Waals surface area (Å²) < 4.78 is 5.22.